The van der Waals surface area contributed by atoms with E-state index in [2.05, 4.69) is 11.2 Å². The number of carboxylic acids is 1. The van der Waals surface area contributed by atoms with E-state index in [9.17, 15) is 10.1 Å². The van der Waals surface area contributed by atoms with Crippen molar-refractivity contribution >= 4 is 5.97 Å². The first kappa shape index (κ1) is 20.9. The maximum absolute atomic E-state index is 11.0. The highest BCUT2D eigenvalue weighted by Crippen LogP contribution is 2.41. The van der Waals surface area contributed by atoms with Crippen LogP contribution in [0.1, 0.15) is 36.5 Å². The summed E-state index contributed by atoms with van der Waals surface area (Å²) < 4.78 is 0. The molecule has 0 aliphatic rings. The largest absolute Gasteiger partial charge is 0.481 e. The van der Waals surface area contributed by atoms with Crippen molar-refractivity contribution in [3.8, 4) is 6.07 Å². The lowest BCUT2D eigenvalue weighted by Crippen LogP contribution is -2.29. The van der Waals surface area contributed by atoms with Crippen LogP contribution in [-0.4, -0.2) is 16.6 Å². The Balaban J connectivity index is 2.24. The Labute approximate surface area is 176 Å². The standard InChI is InChI=1S/C25H23N3O2/c1-24(19-26,18-17-23(29)30)27-28-25(20-11-5-2-6-12-20,21-13-7-3-8-14-21)22-15-9-4-10-16-22/h2-16H,17-18H2,1H3,(H,29,30). The second kappa shape index (κ2) is 9.15. The van der Waals surface area contributed by atoms with E-state index in [0.717, 1.165) is 16.7 Å². The average molecular weight is 397 g/mol. The zero-order valence-corrected chi connectivity index (χ0v) is 16.8. The Kier molecular flexibility index (Phi) is 6.38. The molecule has 0 amide bonds. The molecule has 0 aromatic heterocycles. The molecule has 30 heavy (non-hydrogen) atoms. The fourth-order valence-corrected chi connectivity index (χ4v) is 3.38. The van der Waals surface area contributed by atoms with Gasteiger partial charge < -0.3 is 5.11 Å². The molecule has 150 valence electrons. The van der Waals surface area contributed by atoms with Crippen LogP contribution in [-0.2, 0) is 10.3 Å². The SMILES string of the molecule is CC(C#N)(CCC(=O)O)N=NC(c1ccccc1)(c1ccccc1)c1ccccc1. The quantitative estimate of drug-likeness (QED) is 0.398. The van der Waals surface area contributed by atoms with Gasteiger partial charge in [-0.2, -0.15) is 15.5 Å². The Morgan fingerprint density at radius 3 is 1.57 bits per heavy atom. The molecule has 0 bridgehead atoms. The molecule has 0 radical (unpaired) electrons. The zero-order chi connectivity index (χ0) is 21.5. The summed E-state index contributed by atoms with van der Waals surface area (Å²) >= 11 is 0. The highest BCUT2D eigenvalue weighted by molar-refractivity contribution is 5.66. The van der Waals surface area contributed by atoms with Gasteiger partial charge in [0.2, 0.25) is 0 Å². The number of rotatable bonds is 8. The lowest BCUT2D eigenvalue weighted by Gasteiger charge is -2.31. The molecule has 3 rings (SSSR count). The van der Waals surface area contributed by atoms with Gasteiger partial charge in [-0.25, -0.2) is 0 Å². The van der Waals surface area contributed by atoms with E-state index in [0.29, 0.717) is 0 Å². The van der Waals surface area contributed by atoms with E-state index >= 15 is 0 Å². The van der Waals surface area contributed by atoms with Crippen LogP contribution in [0, 0.1) is 11.3 Å². The van der Waals surface area contributed by atoms with Crippen molar-refractivity contribution in [3.05, 3.63) is 108 Å². The highest BCUT2D eigenvalue weighted by Gasteiger charge is 2.38. The van der Waals surface area contributed by atoms with Gasteiger partial charge in [0.25, 0.3) is 0 Å². The number of nitriles is 1. The third kappa shape index (κ3) is 4.44. The van der Waals surface area contributed by atoms with Crippen molar-refractivity contribution in [2.45, 2.75) is 30.8 Å². The second-order valence-electron chi connectivity index (χ2n) is 7.29. The van der Waals surface area contributed by atoms with Gasteiger partial charge in [0.1, 0.15) is 0 Å². The zero-order valence-electron chi connectivity index (χ0n) is 16.8. The summed E-state index contributed by atoms with van der Waals surface area (Å²) in [6.07, 6.45) is -0.0745. The minimum absolute atomic E-state index is 0.0801. The van der Waals surface area contributed by atoms with Crippen LogP contribution >= 0.6 is 0 Å². The maximum atomic E-state index is 11.0. The molecule has 0 aliphatic heterocycles. The van der Waals surface area contributed by atoms with Crippen LogP contribution in [0.5, 0.6) is 0 Å². The van der Waals surface area contributed by atoms with Crippen molar-refractivity contribution in [1.82, 2.24) is 0 Å². The van der Waals surface area contributed by atoms with Gasteiger partial charge in [-0.1, -0.05) is 91.0 Å². The van der Waals surface area contributed by atoms with Crippen molar-refractivity contribution in [1.29, 1.82) is 5.26 Å². The predicted octanol–water partition coefficient (Wildman–Crippen LogP) is 5.58. The molecular formula is C25H23N3O2. The van der Waals surface area contributed by atoms with Gasteiger partial charge in [-0.3, -0.25) is 4.79 Å². The molecule has 0 fully saturated rings. The summed E-state index contributed by atoms with van der Waals surface area (Å²) in [5.41, 5.74) is 0.506. The smallest absolute Gasteiger partial charge is 0.303 e. The van der Waals surface area contributed by atoms with Crippen LogP contribution in [0.2, 0.25) is 0 Å². The maximum Gasteiger partial charge on any atom is 0.303 e. The first-order valence-electron chi connectivity index (χ1n) is 9.74. The Hall–Kier alpha value is -3.78. The van der Waals surface area contributed by atoms with Crippen LogP contribution in [0.4, 0.5) is 0 Å². The minimum atomic E-state index is -1.25. The van der Waals surface area contributed by atoms with Gasteiger partial charge in [-0.15, -0.1) is 0 Å². The van der Waals surface area contributed by atoms with Crippen LogP contribution in [0.3, 0.4) is 0 Å². The highest BCUT2D eigenvalue weighted by atomic mass is 16.4. The molecular weight excluding hydrogens is 374 g/mol. The third-order valence-corrected chi connectivity index (χ3v) is 5.06. The lowest BCUT2D eigenvalue weighted by molar-refractivity contribution is -0.137. The fraction of sp³-hybridized carbons (Fsp3) is 0.200. The first-order chi connectivity index (χ1) is 14.5. The predicted molar refractivity (Wildman–Crippen MR) is 115 cm³/mol. The number of azo groups is 1. The van der Waals surface area contributed by atoms with E-state index in [-0.39, 0.29) is 12.8 Å². The molecule has 1 N–H and O–H groups in total. The number of hydrogen-bond acceptors (Lipinski definition) is 4. The molecule has 3 aromatic carbocycles. The number of carbonyl (C=O) groups is 1. The van der Waals surface area contributed by atoms with Gasteiger partial charge in [0, 0.05) is 6.42 Å². The summed E-state index contributed by atoms with van der Waals surface area (Å²) in [5.74, 6) is -0.966. The topological polar surface area (TPSA) is 85.8 Å². The van der Waals surface area contributed by atoms with E-state index in [1.807, 2.05) is 91.0 Å². The van der Waals surface area contributed by atoms with E-state index in [1.165, 1.54) is 0 Å². The molecule has 0 saturated heterocycles. The lowest BCUT2D eigenvalue weighted by atomic mass is 9.78. The number of nitrogens with zero attached hydrogens (tertiary/aromatic N) is 3. The number of aliphatic carboxylic acids is 1. The number of carboxylic acid groups (broad SMARTS) is 1. The average Bonchev–Trinajstić information content (AvgIpc) is 2.80. The molecule has 3 aromatic rings. The molecule has 1 unspecified atom stereocenters. The molecule has 0 heterocycles. The Morgan fingerprint density at radius 2 is 1.23 bits per heavy atom. The van der Waals surface area contributed by atoms with Gasteiger partial charge in [0.15, 0.2) is 11.1 Å². The summed E-state index contributed by atoms with van der Waals surface area (Å²) in [5, 5.41) is 28.0. The van der Waals surface area contributed by atoms with Crippen molar-refractivity contribution < 1.29 is 9.90 Å². The van der Waals surface area contributed by atoms with Gasteiger partial charge in [0.05, 0.1) is 6.07 Å². The summed E-state index contributed by atoms with van der Waals surface area (Å²) in [4.78, 5) is 11.0. The Morgan fingerprint density at radius 1 is 0.833 bits per heavy atom. The molecule has 5 nitrogen and oxygen atoms in total. The van der Waals surface area contributed by atoms with Crippen LogP contribution < -0.4 is 0 Å². The van der Waals surface area contributed by atoms with Gasteiger partial charge in [-0.05, 0) is 30.0 Å². The molecule has 0 aliphatic carbocycles. The van der Waals surface area contributed by atoms with Crippen molar-refractivity contribution in [2.24, 2.45) is 10.2 Å². The van der Waals surface area contributed by atoms with E-state index in [1.54, 1.807) is 6.92 Å². The summed E-state index contributed by atoms with van der Waals surface area (Å²) in [6, 6.07) is 31.5. The Bertz CT molecular complexity index is 947. The van der Waals surface area contributed by atoms with Crippen molar-refractivity contribution in [2.75, 3.05) is 0 Å². The second-order valence-corrected chi connectivity index (χ2v) is 7.29. The first-order valence-corrected chi connectivity index (χ1v) is 9.74. The van der Waals surface area contributed by atoms with Crippen molar-refractivity contribution in [3.63, 3.8) is 0 Å². The molecule has 1 atom stereocenters. The molecule has 0 saturated carbocycles. The third-order valence-electron chi connectivity index (χ3n) is 5.06. The van der Waals surface area contributed by atoms with Crippen LogP contribution in [0.15, 0.2) is 101 Å². The summed E-state index contributed by atoms with van der Waals surface area (Å²) in [6.45, 7) is 1.62. The van der Waals surface area contributed by atoms with E-state index < -0.39 is 17.0 Å². The number of hydrogen-bond donors (Lipinski definition) is 1. The molecule has 5 heteroatoms. The molecule has 0 spiro atoms. The normalized spacial score (nSPS) is 13.5. The summed E-state index contributed by atoms with van der Waals surface area (Å²) in [7, 11) is 0. The minimum Gasteiger partial charge on any atom is -0.481 e. The van der Waals surface area contributed by atoms with E-state index in [4.69, 9.17) is 10.2 Å². The fourth-order valence-electron chi connectivity index (χ4n) is 3.38. The monoisotopic (exact) mass is 397 g/mol. The van der Waals surface area contributed by atoms with Crippen LogP contribution in [0.25, 0.3) is 0 Å². The number of benzene rings is 3. The van der Waals surface area contributed by atoms with Gasteiger partial charge >= 0.3 is 5.97 Å².